The van der Waals surface area contributed by atoms with E-state index in [1.54, 1.807) is 12.1 Å². The fourth-order valence-corrected chi connectivity index (χ4v) is 5.26. The van der Waals surface area contributed by atoms with Gasteiger partial charge in [0.05, 0.1) is 5.56 Å². The van der Waals surface area contributed by atoms with Gasteiger partial charge in [0.2, 0.25) is 0 Å². The molecule has 20 heavy (non-hydrogen) atoms. The maximum Gasteiger partial charge on any atom is 0.367 e. The van der Waals surface area contributed by atoms with Gasteiger partial charge in [0, 0.05) is 10.7 Å². The Kier molecular flexibility index (Phi) is 6.38. The van der Waals surface area contributed by atoms with Gasteiger partial charge in [-0.2, -0.15) is 8.78 Å². The number of benzene rings is 1. The zero-order valence-corrected chi connectivity index (χ0v) is 16.5. The van der Waals surface area contributed by atoms with Gasteiger partial charge >= 0.3 is 11.2 Å². The van der Waals surface area contributed by atoms with E-state index in [9.17, 15) is 26.5 Å². The zero-order chi connectivity index (χ0) is 15.7. The number of esters is 1. The lowest BCUT2D eigenvalue weighted by atomic mass is 10.2. The van der Waals surface area contributed by atoms with E-state index in [0.29, 0.717) is 7.14 Å². The number of hydrogen-bond donors (Lipinski definition) is 0. The van der Waals surface area contributed by atoms with Crippen molar-refractivity contribution in [3.8, 4) is 0 Å². The van der Waals surface area contributed by atoms with Crippen molar-refractivity contribution in [2.75, 3.05) is 6.61 Å². The molecule has 1 aromatic carbocycles. The van der Waals surface area contributed by atoms with Gasteiger partial charge in [-0.1, -0.05) is 0 Å². The van der Waals surface area contributed by atoms with E-state index in [-0.39, 0.29) is 5.56 Å². The molecule has 0 aliphatic heterocycles. The molecule has 0 unspecified atom stereocenters. The van der Waals surface area contributed by atoms with E-state index in [1.165, 1.54) is 0 Å². The van der Waals surface area contributed by atoms with Crippen LogP contribution in [0, 0.1) is 10.7 Å². The van der Waals surface area contributed by atoms with Crippen LogP contribution in [0.25, 0.3) is 0 Å². The lowest BCUT2D eigenvalue weighted by Gasteiger charge is -2.19. The van der Waals surface area contributed by atoms with Crippen LogP contribution in [0.1, 0.15) is 10.4 Å². The van der Waals surface area contributed by atoms with Crippen molar-refractivity contribution in [3.05, 3.63) is 28.4 Å². The molecule has 0 heterocycles. The molecule has 0 aliphatic carbocycles. The summed E-state index contributed by atoms with van der Waals surface area (Å²) in [6.45, 7) is -1.81. The number of alkyl halides is 2. The third-order valence-electron chi connectivity index (χ3n) is 1.95. The fraction of sp³-hybridized carbons (Fsp3) is 0.222. The van der Waals surface area contributed by atoms with Gasteiger partial charge in [-0.05, 0) is 79.9 Å². The molecule has 0 radical (unpaired) electrons. The van der Waals surface area contributed by atoms with E-state index in [2.05, 4.69) is 4.74 Å². The van der Waals surface area contributed by atoms with Crippen LogP contribution in [-0.2, 0) is 14.9 Å². The Morgan fingerprint density at radius 3 is 2.10 bits per heavy atom. The van der Waals surface area contributed by atoms with Crippen molar-refractivity contribution < 1.29 is 31.3 Å². The van der Waals surface area contributed by atoms with E-state index in [0.717, 1.165) is 3.57 Å². The van der Waals surface area contributed by atoms with Gasteiger partial charge in [0.25, 0.3) is 0 Å². The standard InChI is InChI=1S/C9H5F2I3O5S/c10-9(11,20(16,17)18)3-19-8(15)7-5(13)1-4(12)2-6(7)14/h1-2H,3H2,(H,16,17,18)/p-1. The van der Waals surface area contributed by atoms with Gasteiger partial charge in [-0.25, -0.2) is 13.2 Å². The van der Waals surface area contributed by atoms with Crippen molar-refractivity contribution in [3.63, 3.8) is 0 Å². The van der Waals surface area contributed by atoms with E-state index < -0.39 is 27.9 Å². The summed E-state index contributed by atoms with van der Waals surface area (Å²) in [7, 11) is -5.87. The van der Waals surface area contributed by atoms with E-state index in [4.69, 9.17) is 0 Å². The Morgan fingerprint density at radius 2 is 1.70 bits per heavy atom. The van der Waals surface area contributed by atoms with Crippen molar-refractivity contribution in [2.24, 2.45) is 0 Å². The minimum atomic E-state index is -5.87. The SMILES string of the molecule is O=C(OCC(F)(F)S(=O)(=O)[O-])c1c(I)cc(I)cc1I. The molecule has 112 valence electrons. The summed E-state index contributed by atoms with van der Waals surface area (Å²) in [4.78, 5) is 11.7. The van der Waals surface area contributed by atoms with Crippen molar-refractivity contribution >= 4 is 83.9 Å². The predicted molar refractivity (Wildman–Crippen MR) is 89.5 cm³/mol. The number of rotatable bonds is 4. The Labute approximate surface area is 154 Å². The molecule has 0 bridgehead atoms. The Hall–Kier alpha value is 0.650. The van der Waals surface area contributed by atoms with Crippen molar-refractivity contribution in [2.45, 2.75) is 5.25 Å². The predicted octanol–water partition coefficient (Wildman–Crippen LogP) is 2.80. The molecular formula is C9H4F2I3O5S-. The number of ether oxygens (including phenoxy) is 1. The number of hydrogen-bond acceptors (Lipinski definition) is 5. The molecule has 1 rings (SSSR count). The van der Waals surface area contributed by atoms with Crippen LogP contribution in [0.4, 0.5) is 8.78 Å². The summed E-state index contributed by atoms with van der Waals surface area (Å²) in [5, 5.41) is -4.65. The van der Waals surface area contributed by atoms with Crippen molar-refractivity contribution in [1.82, 2.24) is 0 Å². The first-order valence-electron chi connectivity index (χ1n) is 4.60. The lowest BCUT2D eigenvalue weighted by Crippen LogP contribution is -2.35. The maximum absolute atomic E-state index is 12.9. The molecule has 0 spiro atoms. The monoisotopic (exact) mass is 643 g/mol. The third-order valence-corrected chi connectivity index (χ3v) is 5.12. The highest BCUT2D eigenvalue weighted by atomic mass is 127. The first-order valence-corrected chi connectivity index (χ1v) is 9.25. The molecular weight excluding hydrogens is 639 g/mol. The van der Waals surface area contributed by atoms with Crippen LogP contribution in [0.15, 0.2) is 12.1 Å². The maximum atomic E-state index is 12.9. The van der Waals surface area contributed by atoms with Crippen LogP contribution in [0.5, 0.6) is 0 Å². The number of carbonyl (C=O) groups excluding carboxylic acids is 1. The highest BCUT2D eigenvalue weighted by Gasteiger charge is 2.39. The van der Waals surface area contributed by atoms with Gasteiger partial charge in [0.1, 0.15) is 0 Å². The average Bonchev–Trinajstić information content (AvgIpc) is 2.23. The average molecular weight is 643 g/mol. The van der Waals surface area contributed by atoms with E-state index >= 15 is 0 Å². The minimum absolute atomic E-state index is 0.0470. The summed E-state index contributed by atoms with van der Waals surface area (Å²) < 4.78 is 62.6. The smallest absolute Gasteiger partial charge is 0.367 e. The molecule has 0 saturated heterocycles. The molecule has 0 fully saturated rings. The lowest BCUT2D eigenvalue weighted by molar-refractivity contribution is -0.0101. The first-order chi connectivity index (χ1) is 8.95. The molecule has 0 amide bonds. The molecule has 0 aliphatic rings. The number of carbonyl (C=O) groups is 1. The van der Waals surface area contributed by atoms with Gasteiger partial charge in [-0.3, -0.25) is 0 Å². The van der Waals surface area contributed by atoms with Crippen LogP contribution < -0.4 is 0 Å². The second kappa shape index (κ2) is 6.82. The highest BCUT2D eigenvalue weighted by molar-refractivity contribution is 14.1. The normalized spacial score (nSPS) is 12.3. The molecule has 5 nitrogen and oxygen atoms in total. The zero-order valence-electron chi connectivity index (χ0n) is 9.20. The van der Waals surface area contributed by atoms with Gasteiger partial charge in [0.15, 0.2) is 16.7 Å². The Balaban J connectivity index is 2.95. The summed E-state index contributed by atoms with van der Waals surface area (Å²) >= 11 is 5.66. The Morgan fingerprint density at radius 1 is 1.25 bits per heavy atom. The van der Waals surface area contributed by atoms with Gasteiger partial charge < -0.3 is 9.29 Å². The summed E-state index contributed by atoms with van der Waals surface area (Å²) in [5.74, 6) is -1.11. The van der Waals surface area contributed by atoms with Crippen LogP contribution in [0.3, 0.4) is 0 Å². The molecule has 0 atom stereocenters. The molecule has 11 heteroatoms. The summed E-state index contributed by atoms with van der Waals surface area (Å²) in [6.07, 6.45) is 0. The van der Waals surface area contributed by atoms with Crippen LogP contribution >= 0.6 is 67.8 Å². The second-order valence-corrected chi connectivity index (χ2v) is 8.49. The molecule has 1 aromatic rings. The van der Waals surface area contributed by atoms with E-state index in [1.807, 2.05) is 67.8 Å². The largest absolute Gasteiger partial charge is 0.743 e. The highest BCUT2D eigenvalue weighted by Crippen LogP contribution is 2.25. The van der Waals surface area contributed by atoms with Crippen LogP contribution in [0.2, 0.25) is 0 Å². The quantitative estimate of drug-likeness (QED) is 0.287. The molecule has 0 N–H and O–H groups in total. The van der Waals surface area contributed by atoms with Crippen molar-refractivity contribution in [1.29, 1.82) is 0 Å². The summed E-state index contributed by atoms with van der Waals surface area (Å²) in [6, 6.07) is 3.25. The first kappa shape index (κ1) is 18.7. The summed E-state index contributed by atoms with van der Waals surface area (Å²) in [5.41, 5.74) is 0.0470. The Bertz CT molecular complexity index is 624. The third kappa shape index (κ3) is 4.57. The minimum Gasteiger partial charge on any atom is -0.743 e. The molecule has 0 saturated carbocycles. The van der Waals surface area contributed by atoms with Gasteiger partial charge in [-0.15, -0.1) is 0 Å². The number of halogens is 5. The topological polar surface area (TPSA) is 83.5 Å². The molecule has 0 aromatic heterocycles. The fourth-order valence-electron chi connectivity index (χ4n) is 1.03. The second-order valence-electron chi connectivity index (χ2n) is 3.41. The van der Waals surface area contributed by atoms with Crippen LogP contribution in [-0.4, -0.2) is 30.8 Å².